The number of alkyl carbamates (subject to hydrolysis) is 2. The van der Waals surface area contributed by atoms with Crippen molar-refractivity contribution in [2.24, 2.45) is 5.92 Å². The van der Waals surface area contributed by atoms with Crippen LogP contribution in [-0.4, -0.2) is 100 Å². The van der Waals surface area contributed by atoms with Gasteiger partial charge in [0.2, 0.25) is 23.6 Å². The number of hydrogen-bond donors (Lipinski definition) is 6. The molecule has 2 aromatic carbocycles. The topological polar surface area (TPSA) is 219 Å². The Bertz CT molecular complexity index is 1620. The van der Waals surface area contributed by atoms with Gasteiger partial charge in [-0.2, -0.15) is 0 Å². The Morgan fingerprint density at radius 3 is 1.88 bits per heavy atom. The van der Waals surface area contributed by atoms with Crippen LogP contribution in [0, 0.1) is 5.92 Å². The van der Waals surface area contributed by atoms with E-state index in [2.05, 4.69) is 31.9 Å². The van der Waals surface area contributed by atoms with Gasteiger partial charge in [-0.25, -0.2) is 9.59 Å². The molecule has 1 unspecified atom stereocenters. The lowest BCUT2D eigenvalue weighted by Gasteiger charge is -2.23. The predicted octanol–water partition coefficient (Wildman–Crippen LogP) is 3.81. The number of nitrogens with one attached hydrogen (secondary N) is 6. The van der Waals surface area contributed by atoms with Crippen molar-refractivity contribution in [3.8, 4) is 11.1 Å². The van der Waals surface area contributed by atoms with Gasteiger partial charge < -0.3 is 46.1 Å². The lowest BCUT2D eigenvalue weighted by Crippen LogP contribution is -2.50. The van der Waals surface area contributed by atoms with Gasteiger partial charge >= 0.3 is 18.2 Å². The number of esters is 1. The van der Waals surface area contributed by atoms with Crippen molar-refractivity contribution >= 4 is 41.8 Å². The van der Waals surface area contributed by atoms with Crippen molar-refractivity contribution in [3.63, 3.8) is 0 Å². The number of carbonyl (C=O) groups excluding carboxylic acids is 7. The zero-order valence-electron chi connectivity index (χ0n) is 34.1. The molecule has 0 aromatic heterocycles. The minimum atomic E-state index is -1.12. The number of benzene rings is 2. The molecule has 318 valence electrons. The van der Waals surface area contributed by atoms with E-state index in [9.17, 15) is 33.6 Å². The molecule has 6 N–H and O–H groups in total. The summed E-state index contributed by atoms with van der Waals surface area (Å²) in [5.74, 6) is -1.71. The number of unbranched alkanes of at least 4 members (excludes halogenated alkanes) is 1. The number of carbonyl (C=O) groups is 7. The number of hydrogen-bond acceptors (Lipinski definition) is 10. The van der Waals surface area contributed by atoms with Crippen molar-refractivity contribution in [2.75, 3.05) is 46.4 Å². The lowest BCUT2D eigenvalue weighted by molar-refractivity contribution is -0.146. The number of rotatable bonds is 25. The van der Waals surface area contributed by atoms with E-state index in [0.29, 0.717) is 13.0 Å². The molecule has 1 aliphatic rings. The van der Waals surface area contributed by atoms with Crippen LogP contribution >= 0.6 is 0 Å². The summed E-state index contributed by atoms with van der Waals surface area (Å²) in [5.41, 5.74) is 4.34. The first-order valence-electron chi connectivity index (χ1n) is 20.2. The van der Waals surface area contributed by atoms with Crippen LogP contribution in [0.2, 0.25) is 0 Å². The quantitative estimate of drug-likeness (QED) is 0.0484. The van der Waals surface area contributed by atoms with Crippen molar-refractivity contribution < 1.29 is 47.8 Å². The highest BCUT2D eigenvalue weighted by Gasteiger charge is 2.29. The van der Waals surface area contributed by atoms with Gasteiger partial charge in [0.05, 0.1) is 26.1 Å². The second kappa shape index (κ2) is 25.6. The van der Waals surface area contributed by atoms with Gasteiger partial charge in [0.1, 0.15) is 18.8 Å². The fourth-order valence-corrected chi connectivity index (χ4v) is 6.35. The van der Waals surface area contributed by atoms with Crippen molar-refractivity contribution in [1.29, 1.82) is 0 Å². The highest BCUT2D eigenvalue weighted by atomic mass is 16.6. The second-order valence-electron chi connectivity index (χ2n) is 14.0. The molecule has 0 bridgehead atoms. The molecule has 6 amide bonds. The van der Waals surface area contributed by atoms with E-state index < -0.39 is 36.2 Å². The van der Waals surface area contributed by atoms with Crippen molar-refractivity contribution in [2.45, 2.75) is 96.6 Å². The van der Waals surface area contributed by atoms with Crippen LogP contribution < -0.4 is 31.9 Å². The molecule has 2 aromatic rings. The summed E-state index contributed by atoms with van der Waals surface area (Å²) in [6, 6.07) is 14.9. The Hall–Kier alpha value is -5.67. The highest BCUT2D eigenvalue weighted by Crippen LogP contribution is 2.44. The molecule has 16 heteroatoms. The normalized spacial score (nSPS) is 12.6. The van der Waals surface area contributed by atoms with E-state index >= 15 is 0 Å². The maximum atomic E-state index is 13.4. The van der Waals surface area contributed by atoms with E-state index in [1.165, 1.54) is 7.05 Å². The SMILES string of the molecule is CCC(=O)NCC(CNC(=O)CC)OC(=O)N[C@@H](CCNC(=O)OCC1c2ccccc2-c2ccccc21)C(=O)NCCCCC(CC)COC(=O)CCC(=O)NC. The molecule has 0 spiro atoms. The Morgan fingerprint density at radius 1 is 0.672 bits per heavy atom. The van der Waals surface area contributed by atoms with E-state index in [4.69, 9.17) is 14.2 Å². The summed E-state index contributed by atoms with van der Waals surface area (Å²) in [6.45, 7) is 5.86. The molecule has 3 rings (SSSR count). The van der Waals surface area contributed by atoms with E-state index in [1.807, 2.05) is 55.5 Å². The molecular weight excluding hydrogens is 748 g/mol. The number of ether oxygens (including phenoxy) is 3. The molecule has 0 saturated carbocycles. The Labute approximate surface area is 340 Å². The zero-order chi connectivity index (χ0) is 42.3. The highest BCUT2D eigenvalue weighted by molar-refractivity contribution is 5.86. The predicted molar refractivity (Wildman–Crippen MR) is 216 cm³/mol. The summed E-state index contributed by atoms with van der Waals surface area (Å²) in [4.78, 5) is 86.6. The van der Waals surface area contributed by atoms with E-state index in [0.717, 1.165) is 41.5 Å². The third-order valence-corrected chi connectivity index (χ3v) is 9.86. The average molecular weight is 809 g/mol. The van der Waals surface area contributed by atoms with Crippen LogP contribution in [0.3, 0.4) is 0 Å². The summed E-state index contributed by atoms with van der Waals surface area (Å²) >= 11 is 0. The summed E-state index contributed by atoms with van der Waals surface area (Å²) in [6.07, 6.45) is 0.833. The maximum absolute atomic E-state index is 13.4. The van der Waals surface area contributed by atoms with Gasteiger partial charge in [0.15, 0.2) is 0 Å². The van der Waals surface area contributed by atoms with Crippen molar-refractivity contribution in [3.05, 3.63) is 59.7 Å². The molecule has 0 heterocycles. The molecule has 2 atom stereocenters. The van der Waals surface area contributed by atoms with Gasteiger partial charge in [-0.15, -0.1) is 0 Å². The standard InChI is InChI=1S/C42H60N6O10/c1-5-28(26-56-39(52)20-19-38(51)43-4)14-12-13-22-44-40(53)35(48-42(55)58-29(24-46-36(49)6-2)25-47-37(50)7-3)21-23-45-41(54)57-27-34-32-17-10-8-15-30(32)31-16-9-11-18-33(31)34/h8-11,15-18,28-29,34-35H,5-7,12-14,19-27H2,1-4H3,(H,43,51)(H,44,53)(H,45,54)(H,46,49)(H,47,50)(H,48,55)/t28?,35-/m0/s1. The van der Waals surface area contributed by atoms with Gasteiger partial charge in [0.25, 0.3) is 0 Å². The minimum Gasteiger partial charge on any atom is -0.465 e. The first-order chi connectivity index (χ1) is 28.0. The van der Waals surface area contributed by atoms with Crippen LogP contribution in [0.25, 0.3) is 11.1 Å². The third kappa shape index (κ3) is 16.1. The van der Waals surface area contributed by atoms with Crippen LogP contribution in [0.1, 0.15) is 95.6 Å². The van der Waals surface area contributed by atoms with Crippen LogP contribution in [-0.2, 0) is 38.2 Å². The molecule has 0 fully saturated rings. The maximum Gasteiger partial charge on any atom is 0.408 e. The second-order valence-corrected chi connectivity index (χ2v) is 14.0. The molecular formula is C42H60N6O10. The minimum absolute atomic E-state index is 0.00186. The molecule has 1 aliphatic carbocycles. The average Bonchev–Trinajstić information content (AvgIpc) is 3.56. The van der Waals surface area contributed by atoms with Crippen molar-refractivity contribution in [1.82, 2.24) is 31.9 Å². The van der Waals surface area contributed by atoms with Gasteiger partial charge in [0, 0.05) is 45.3 Å². The third-order valence-electron chi connectivity index (χ3n) is 9.86. The van der Waals surface area contributed by atoms with Gasteiger partial charge in [-0.1, -0.05) is 82.1 Å². The molecule has 0 radical (unpaired) electrons. The molecule has 0 saturated heterocycles. The fraction of sp³-hybridized carbons (Fsp3) is 0.548. The first-order valence-corrected chi connectivity index (χ1v) is 20.2. The largest absolute Gasteiger partial charge is 0.465 e. The van der Waals surface area contributed by atoms with Crippen LogP contribution in [0.15, 0.2) is 48.5 Å². The molecule has 0 aliphatic heterocycles. The summed E-state index contributed by atoms with van der Waals surface area (Å²) < 4.78 is 16.5. The van der Waals surface area contributed by atoms with Crippen LogP contribution in [0.5, 0.6) is 0 Å². The van der Waals surface area contributed by atoms with Crippen LogP contribution in [0.4, 0.5) is 9.59 Å². The Kier molecular flexibility index (Phi) is 20.6. The summed E-state index contributed by atoms with van der Waals surface area (Å²) in [5, 5.41) is 15.9. The monoisotopic (exact) mass is 808 g/mol. The zero-order valence-corrected chi connectivity index (χ0v) is 34.1. The Balaban J connectivity index is 1.55. The van der Waals surface area contributed by atoms with Gasteiger partial charge in [-0.05, 0) is 47.4 Å². The first kappa shape index (κ1) is 46.7. The molecule has 16 nitrogen and oxygen atoms in total. The van der Waals surface area contributed by atoms with E-state index in [-0.39, 0.29) is 94.5 Å². The summed E-state index contributed by atoms with van der Waals surface area (Å²) in [7, 11) is 1.51. The fourth-order valence-electron chi connectivity index (χ4n) is 6.35. The lowest BCUT2D eigenvalue weighted by atomic mass is 9.98. The van der Waals surface area contributed by atoms with Gasteiger partial charge in [-0.3, -0.25) is 24.0 Å². The molecule has 58 heavy (non-hydrogen) atoms. The van der Waals surface area contributed by atoms with E-state index in [1.54, 1.807) is 13.8 Å². The Morgan fingerprint density at radius 2 is 1.29 bits per heavy atom. The smallest absolute Gasteiger partial charge is 0.408 e. The number of amides is 6. The number of fused-ring (bicyclic) bond motifs is 3.